The van der Waals surface area contributed by atoms with Gasteiger partial charge in [-0.25, -0.2) is 4.39 Å². The van der Waals surface area contributed by atoms with Crippen LogP contribution in [0.4, 0.5) is 4.39 Å². The van der Waals surface area contributed by atoms with Gasteiger partial charge in [0.05, 0.1) is 0 Å². The van der Waals surface area contributed by atoms with Crippen molar-refractivity contribution in [1.29, 1.82) is 0 Å². The van der Waals surface area contributed by atoms with Gasteiger partial charge in [-0.1, -0.05) is 31.9 Å². The fraction of sp³-hybridized carbons (Fsp3) is 0.467. The predicted molar refractivity (Wildman–Crippen MR) is 67.7 cm³/mol. The highest BCUT2D eigenvalue weighted by Crippen LogP contribution is 2.47. The van der Waals surface area contributed by atoms with Crippen LogP contribution in [0.15, 0.2) is 28.7 Å². The first-order chi connectivity index (χ1) is 8.60. The summed E-state index contributed by atoms with van der Waals surface area (Å²) in [5, 5.41) is 11.2. The Labute approximate surface area is 105 Å². The molecule has 1 heterocycles. The van der Waals surface area contributed by atoms with E-state index in [1.807, 2.05) is 0 Å². The molecule has 1 aliphatic rings. The third-order valence-electron chi connectivity index (χ3n) is 4.19. The van der Waals surface area contributed by atoms with Crippen molar-refractivity contribution in [3.05, 3.63) is 35.8 Å². The van der Waals surface area contributed by atoms with Gasteiger partial charge in [0.15, 0.2) is 11.4 Å². The number of hydrogen-bond donors (Lipinski definition) is 1. The van der Waals surface area contributed by atoms with Gasteiger partial charge in [0, 0.05) is 10.8 Å². The molecule has 3 heteroatoms. The SMILES string of the molecule is CC1(C(O)c2cc3cccc(F)c3o2)CCCC1. The van der Waals surface area contributed by atoms with Crippen molar-refractivity contribution < 1.29 is 13.9 Å². The molecule has 1 unspecified atom stereocenters. The summed E-state index contributed by atoms with van der Waals surface area (Å²) < 4.78 is 19.1. The van der Waals surface area contributed by atoms with Crippen LogP contribution in [0.1, 0.15) is 44.5 Å². The molecule has 0 spiro atoms. The molecule has 18 heavy (non-hydrogen) atoms. The molecule has 96 valence electrons. The van der Waals surface area contributed by atoms with Crippen molar-refractivity contribution in [2.45, 2.75) is 38.7 Å². The topological polar surface area (TPSA) is 33.4 Å². The first-order valence-corrected chi connectivity index (χ1v) is 6.46. The second-order valence-electron chi connectivity index (χ2n) is 5.57. The number of benzene rings is 1. The Morgan fingerprint density at radius 1 is 1.33 bits per heavy atom. The summed E-state index contributed by atoms with van der Waals surface area (Å²) in [6, 6.07) is 6.58. The van der Waals surface area contributed by atoms with Crippen LogP contribution in [0.25, 0.3) is 11.0 Å². The highest BCUT2D eigenvalue weighted by molar-refractivity contribution is 5.78. The maximum Gasteiger partial charge on any atom is 0.170 e. The van der Waals surface area contributed by atoms with Crippen LogP contribution >= 0.6 is 0 Å². The summed E-state index contributed by atoms with van der Waals surface area (Å²) in [7, 11) is 0. The lowest BCUT2D eigenvalue weighted by Crippen LogP contribution is -2.21. The molecular formula is C15H17FO2. The zero-order valence-corrected chi connectivity index (χ0v) is 10.4. The van der Waals surface area contributed by atoms with Crippen LogP contribution in [0, 0.1) is 11.2 Å². The molecular weight excluding hydrogens is 231 g/mol. The standard InChI is InChI=1S/C15H17FO2/c1-15(7-2-3-8-15)14(17)12-9-10-5-4-6-11(16)13(10)18-12/h4-6,9,14,17H,2-3,7-8H2,1H3. The van der Waals surface area contributed by atoms with Crippen LogP contribution in [-0.4, -0.2) is 5.11 Å². The fourth-order valence-electron chi connectivity index (χ4n) is 2.98. The fourth-order valence-corrected chi connectivity index (χ4v) is 2.98. The minimum atomic E-state index is -0.646. The van der Waals surface area contributed by atoms with E-state index in [-0.39, 0.29) is 16.8 Å². The molecule has 1 aliphatic carbocycles. The molecule has 1 aromatic carbocycles. The Bertz CT molecular complexity index is 567. The van der Waals surface area contributed by atoms with Gasteiger partial charge in [0.1, 0.15) is 11.9 Å². The van der Waals surface area contributed by atoms with Crippen LogP contribution in [-0.2, 0) is 0 Å². The van der Waals surface area contributed by atoms with Crippen molar-refractivity contribution in [1.82, 2.24) is 0 Å². The smallest absolute Gasteiger partial charge is 0.170 e. The van der Waals surface area contributed by atoms with Gasteiger partial charge < -0.3 is 9.52 Å². The average Bonchev–Trinajstić information content (AvgIpc) is 2.96. The second kappa shape index (κ2) is 4.09. The van der Waals surface area contributed by atoms with Crippen LogP contribution in [0.3, 0.4) is 0 Å². The maximum absolute atomic E-state index is 13.6. The molecule has 0 bridgehead atoms. The Balaban J connectivity index is 2.01. The summed E-state index contributed by atoms with van der Waals surface area (Å²) in [5.74, 6) is 0.113. The zero-order valence-electron chi connectivity index (χ0n) is 10.4. The summed E-state index contributed by atoms with van der Waals surface area (Å²) in [5.41, 5.74) is 0.109. The van der Waals surface area contributed by atoms with Crippen LogP contribution in [0.2, 0.25) is 0 Å². The number of hydrogen-bond acceptors (Lipinski definition) is 2. The van der Waals surface area contributed by atoms with Crippen molar-refractivity contribution >= 4 is 11.0 Å². The summed E-state index contributed by atoms with van der Waals surface area (Å²) >= 11 is 0. The lowest BCUT2D eigenvalue weighted by atomic mass is 9.81. The van der Waals surface area contributed by atoms with Crippen molar-refractivity contribution in [3.63, 3.8) is 0 Å². The highest BCUT2D eigenvalue weighted by Gasteiger charge is 2.38. The van der Waals surface area contributed by atoms with Gasteiger partial charge in [0.2, 0.25) is 0 Å². The maximum atomic E-state index is 13.6. The molecule has 1 aromatic heterocycles. The minimum absolute atomic E-state index is 0.135. The first kappa shape index (κ1) is 11.7. The number of halogens is 1. The summed E-state index contributed by atoms with van der Waals surface area (Å²) in [4.78, 5) is 0. The zero-order chi connectivity index (χ0) is 12.8. The first-order valence-electron chi connectivity index (χ1n) is 6.46. The summed E-state index contributed by atoms with van der Waals surface area (Å²) in [6.07, 6.45) is 3.62. The Morgan fingerprint density at radius 2 is 2.06 bits per heavy atom. The van der Waals surface area contributed by atoms with E-state index in [9.17, 15) is 9.50 Å². The molecule has 0 aliphatic heterocycles. The van der Waals surface area contributed by atoms with Crippen LogP contribution < -0.4 is 0 Å². The number of fused-ring (bicyclic) bond motifs is 1. The van der Waals surface area contributed by atoms with E-state index in [1.165, 1.54) is 6.07 Å². The number of rotatable bonds is 2. The van der Waals surface area contributed by atoms with Gasteiger partial charge in [0.25, 0.3) is 0 Å². The normalized spacial score (nSPS) is 20.4. The van der Waals surface area contributed by atoms with E-state index in [0.29, 0.717) is 11.1 Å². The van der Waals surface area contributed by atoms with Crippen molar-refractivity contribution in [2.75, 3.05) is 0 Å². The van der Waals surface area contributed by atoms with Crippen LogP contribution in [0.5, 0.6) is 0 Å². The van der Waals surface area contributed by atoms with Crippen molar-refractivity contribution in [2.24, 2.45) is 5.41 Å². The van der Waals surface area contributed by atoms with E-state index in [2.05, 4.69) is 6.92 Å². The van der Waals surface area contributed by atoms with Gasteiger partial charge in [-0.15, -0.1) is 0 Å². The largest absolute Gasteiger partial charge is 0.455 e. The Morgan fingerprint density at radius 3 is 2.72 bits per heavy atom. The van der Waals surface area contributed by atoms with E-state index >= 15 is 0 Å². The predicted octanol–water partition coefficient (Wildman–Crippen LogP) is 4.19. The van der Waals surface area contributed by atoms with Gasteiger partial charge in [-0.3, -0.25) is 0 Å². The minimum Gasteiger partial charge on any atom is -0.455 e. The second-order valence-corrected chi connectivity index (χ2v) is 5.57. The van der Waals surface area contributed by atoms with E-state index in [1.54, 1.807) is 18.2 Å². The van der Waals surface area contributed by atoms with Crippen molar-refractivity contribution in [3.8, 4) is 0 Å². The molecule has 2 nitrogen and oxygen atoms in total. The van der Waals surface area contributed by atoms with E-state index < -0.39 is 6.10 Å². The van der Waals surface area contributed by atoms with E-state index in [0.717, 1.165) is 25.7 Å². The number of furan rings is 1. The molecule has 2 aromatic rings. The van der Waals surface area contributed by atoms with E-state index in [4.69, 9.17) is 4.42 Å². The molecule has 1 fully saturated rings. The highest BCUT2D eigenvalue weighted by atomic mass is 19.1. The molecule has 0 radical (unpaired) electrons. The number of aliphatic hydroxyl groups is 1. The molecule has 0 saturated heterocycles. The number of aliphatic hydroxyl groups excluding tert-OH is 1. The van der Waals surface area contributed by atoms with Gasteiger partial charge in [-0.2, -0.15) is 0 Å². The van der Waals surface area contributed by atoms with Gasteiger partial charge in [-0.05, 0) is 25.0 Å². The monoisotopic (exact) mass is 248 g/mol. The number of para-hydroxylation sites is 1. The third kappa shape index (κ3) is 1.74. The summed E-state index contributed by atoms with van der Waals surface area (Å²) in [6.45, 7) is 2.08. The quantitative estimate of drug-likeness (QED) is 0.864. The molecule has 3 rings (SSSR count). The molecule has 1 atom stereocenters. The molecule has 1 N–H and O–H groups in total. The van der Waals surface area contributed by atoms with Gasteiger partial charge >= 0.3 is 0 Å². The lowest BCUT2D eigenvalue weighted by Gasteiger charge is -2.28. The molecule has 1 saturated carbocycles. The lowest BCUT2D eigenvalue weighted by molar-refractivity contribution is 0.0245. The Kier molecular flexibility index (Phi) is 2.67. The third-order valence-corrected chi connectivity index (χ3v) is 4.19. The Hall–Kier alpha value is -1.35. The molecule has 0 amide bonds. The average molecular weight is 248 g/mol.